The highest BCUT2D eigenvalue weighted by Crippen LogP contribution is 2.24. The van der Waals surface area contributed by atoms with Gasteiger partial charge in [-0.1, -0.05) is 19.1 Å². The summed E-state index contributed by atoms with van der Waals surface area (Å²) in [7, 11) is 0. The fourth-order valence-corrected chi connectivity index (χ4v) is 1.39. The third-order valence-corrected chi connectivity index (χ3v) is 2.12. The van der Waals surface area contributed by atoms with E-state index in [2.05, 4.69) is 4.74 Å². The van der Waals surface area contributed by atoms with Crippen LogP contribution < -0.4 is 4.74 Å². The first kappa shape index (κ1) is 12.8. The molecule has 16 heavy (non-hydrogen) atoms. The number of rotatable bonds is 5. The van der Waals surface area contributed by atoms with Crippen LogP contribution in [0.3, 0.4) is 0 Å². The number of aryl methyl sites for hydroxylation is 1. The van der Waals surface area contributed by atoms with Crippen LogP contribution in [-0.2, 0) is 12.8 Å². The van der Waals surface area contributed by atoms with Crippen LogP contribution in [-0.4, -0.2) is 13.0 Å². The molecule has 0 bridgehead atoms. The Labute approximate surface area is 91.0 Å². The molecule has 0 amide bonds. The molecule has 0 aliphatic rings. The van der Waals surface area contributed by atoms with Crippen molar-refractivity contribution in [2.45, 2.75) is 32.8 Å². The molecular weight excluding hydrogens is 224 g/mol. The number of ether oxygens (including phenoxy) is 1. The van der Waals surface area contributed by atoms with Crippen LogP contribution in [0.2, 0.25) is 0 Å². The van der Waals surface area contributed by atoms with Crippen molar-refractivity contribution in [3.63, 3.8) is 0 Å². The number of hydrogen-bond acceptors (Lipinski definition) is 1. The molecule has 1 aromatic carbocycles. The topological polar surface area (TPSA) is 9.23 Å². The molecule has 0 heterocycles. The molecule has 90 valence electrons. The minimum Gasteiger partial charge on any atom is -0.435 e. The molecule has 0 N–H and O–H groups in total. The smallest absolute Gasteiger partial charge is 0.387 e. The Morgan fingerprint density at radius 2 is 1.88 bits per heavy atom. The average Bonchev–Trinajstić information content (AvgIpc) is 2.19. The Kier molecular flexibility index (Phi) is 4.58. The Morgan fingerprint density at radius 1 is 1.19 bits per heavy atom. The lowest BCUT2D eigenvalue weighted by molar-refractivity contribution is -0.0508. The van der Waals surface area contributed by atoms with Crippen LogP contribution >= 0.6 is 0 Å². The van der Waals surface area contributed by atoms with Crippen molar-refractivity contribution >= 4 is 0 Å². The first-order valence-corrected chi connectivity index (χ1v) is 4.87. The minimum atomic E-state index is -3.00. The van der Waals surface area contributed by atoms with E-state index in [1.165, 1.54) is 12.1 Å². The second-order valence-corrected chi connectivity index (χ2v) is 3.27. The van der Waals surface area contributed by atoms with Gasteiger partial charge >= 0.3 is 6.61 Å². The average molecular weight is 236 g/mol. The third kappa shape index (κ3) is 3.72. The van der Waals surface area contributed by atoms with Crippen molar-refractivity contribution in [2.24, 2.45) is 0 Å². The Morgan fingerprint density at radius 3 is 2.38 bits per heavy atom. The van der Waals surface area contributed by atoms with E-state index in [9.17, 15) is 17.6 Å². The lowest BCUT2D eigenvalue weighted by Crippen LogP contribution is -2.07. The van der Waals surface area contributed by atoms with Gasteiger partial charge in [0.05, 0.1) is 0 Å². The third-order valence-electron chi connectivity index (χ3n) is 2.12. The van der Waals surface area contributed by atoms with Crippen molar-refractivity contribution < 1.29 is 22.3 Å². The van der Waals surface area contributed by atoms with Gasteiger partial charge in [-0.25, -0.2) is 8.78 Å². The fourth-order valence-electron chi connectivity index (χ4n) is 1.39. The summed E-state index contributed by atoms with van der Waals surface area (Å²) >= 11 is 0. The van der Waals surface area contributed by atoms with Gasteiger partial charge in [0.2, 0.25) is 6.43 Å². The summed E-state index contributed by atoms with van der Waals surface area (Å²) in [6.45, 7) is -1.14. The Balaban J connectivity index is 2.96. The molecule has 0 atom stereocenters. The summed E-state index contributed by atoms with van der Waals surface area (Å²) in [4.78, 5) is 0. The molecule has 1 nitrogen and oxygen atoms in total. The summed E-state index contributed by atoms with van der Waals surface area (Å²) in [5.41, 5.74) is 0.937. The Hall–Kier alpha value is -1.26. The first-order chi connectivity index (χ1) is 7.52. The number of alkyl halides is 4. The summed E-state index contributed by atoms with van der Waals surface area (Å²) < 4.78 is 52.7. The molecule has 0 saturated heterocycles. The second-order valence-electron chi connectivity index (χ2n) is 3.27. The van der Waals surface area contributed by atoms with E-state index in [0.717, 1.165) is 5.56 Å². The standard InChI is InChI=1S/C11H12F4O/c1-2-7-3-4-9(16-11(14)15)8(5-7)6-10(12)13/h3-5,10-11H,2,6H2,1H3. The SMILES string of the molecule is CCc1ccc(OC(F)F)c(CC(F)F)c1. The van der Waals surface area contributed by atoms with Gasteiger partial charge in [0.1, 0.15) is 5.75 Å². The summed E-state index contributed by atoms with van der Waals surface area (Å²) in [6, 6.07) is 4.37. The zero-order valence-corrected chi connectivity index (χ0v) is 8.72. The molecule has 0 aliphatic heterocycles. The number of benzene rings is 1. The molecule has 1 aromatic rings. The molecule has 0 radical (unpaired) electrons. The maximum Gasteiger partial charge on any atom is 0.387 e. The summed E-state index contributed by atoms with van der Waals surface area (Å²) in [6.07, 6.45) is -2.49. The molecule has 0 aliphatic carbocycles. The largest absolute Gasteiger partial charge is 0.435 e. The van der Waals surface area contributed by atoms with E-state index in [0.29, 0.717) is 6.42 Å². The van der Waals surface area contributed by atoms with Crippen LogP contribution in [0.25, 0.3) is 0 Å². The van der Waals surface area contributed by atoms with Crippen molar-refractivity contribution in [1.82, 2.24) is 0 Å². The zero-order chi connectivity index (χ0) is 12.1. The van der Waals surface area contributed by atoms with Crippen molar-refractivity contribution in [2.75, 3.05) is 0 Å². The van der Waals surface area contributed by atoms with E-state index in [1.807, 2.05) is 6.92 Å². The van der Waals surface area contributed by atoms with E-state index < -0.39 is 19.5 Å². The zero-order valence-electron chi connectivity index (χ0n) is 8.72. The highest BCUT2D eigenvalue weighted by atomic mass is 19.3. The van der Waals surface area contributed by atoms with E-state index in [-0.39, 0.29) is 11.3 Å². The van der Waals surface area contributed by atoms with Crippen LogP contribution in [0.15, 0.2) is 18.2 Å². The molecule has 1 rings (SSSR count). The monoisotopic (exact) mass is 236 g/mol. The van der Waals surface area contributed by atoms with E-state index in [1.54, 1.807) is 6.07 Å². The predicted molar refractivity (Wildman–Crippen MR) is 52.2 cm³/mol. The highest BCUT2D eigenvalue weighted by Gasteiger charge is 2.14. The summed E-state index contributed by atoms with van der Waals surface area (Å²) in [5.74, 6) is -0.174. The van der Waals surface area contributed by atoms with Crippen LogP contribution in [0, 0.1) is 0 Å². The van der Waals surface area contributed by atoms with Crippen molar-refractivity contribution in [3.8, 4) is 5.75 Å². The fraction of sp³-hybridized carbons (Fsp3) is 0.455. The van der Waals surface area contributed by atoms with E-state index >= 15 is 0 Å². The highest BCUT2D eigenvalue weighted by molar-refractivity contribution is 5.37. The van der Waals surface area contributed by atoms with Gasteiger partial charge in [-0.05, 0) is 18.1 Å². The normalized spacial score (nSPS) is 11.2. The van der Waals surface area contributed by atoms with Gasteiger partial charge in [-0.15, -0.1) is 0 Å². The number of halogens is 4. The van der Waals surface area contributed by atoms with Crippen LogP contribution in [0.1, 0.15) is 18.1 Å². The van der Waals surface area contributed by atoms with Gasteiger partial charge in [-0.3, -0.25) is 0 Å². The summed E-state index contributed by atoms with van der Waals surface area (Å²) in [5, 5.41) is 0. The predicted octanol–water partition coefficient (Wildman–Crippen LogP) is 3.66. The molecule has 0 saturated carbocycles. The van der Waals surface area contributed by atoms with Gasteiger partial charge in [0.15, 0.2) is 0 Å². The van der Waals surface area contributed by atoms with Crippen LogP contribution in [0.5, 0.6) is 5.75 Å². The second kappa shape index (κ2) is 5.72. The molecular formula is C11H12F4O. The van der Waals surface area contributed by atoms with Crippen molar-refractivity contribution in [1.29, 1.82) is 0 Å². The maximum absolute atomic E-state index is 12.2. The lowest BCUT2D eigenvalue weighted by atomic mass is 10.1. The van der Waals surface area contributed by atoms with Gasteiger partial charge in [0, 0.05) is 12.0 Å². The van der Waals surface area contributed by atoms with Gasteiger partial charge < -0.3 is 4.74 Å². The quantitative estimate of drug-likeness (QED) is 0.709. The Bertz CT molecular complexity index is 339. The lowest BCUT2D eigenvalue weighted by Gasteiger charge is -2.11. The molecule has 5 heteroatoms. The van der Waals surface area contributed by atoms with Gasteiger partial charge in [-0.2, -0.15) is 8.78 Å². The first-order valence-electron chi connectivity index (χ1n) is 4.87. The molecule has 0 fully saturated rings. The minimum absolute atomic E-state index is 0.120. The maximum atomic E-state index is 12.2. The van der Waals surface area contributed by atoms with E-state index in [4.69, 9.17) is 0 Å². The molecule has 0 unspecified atom stereocenters. The molecule has 0 spiro atoms. The molecule has 0 aromatic heterocycles. The van der Waals surface area contributed by atoms with Gasteiger partial charge in [0.25, 0.3) is 0 Å². The van der Waals surface area contributed by atoms with Crippen molar-refractivity contribution in [3.05, 3.63) is 29.3 Å². The number of hydrogen-bond donors (Lipinski definition) is 0. The van der Waals surface area contributed by atoms with Crippen LogP contribution in [0.4, 0.5) is 17.6 Å².